The molecule has 0 bridgehead atoms. The third kappa shape index (κ3) is 1.82. The minimum Gasteiger partial charge on any atom is -0.394 e. The van der Waals surface area contributed by atoms with Gasteiger partial charge >= 0.3 is 0 Å². The number of aromatic nitrogens is 3. The smallest absolute Gasteiger partial charge is 0.276 e. The molecule has 2 rings (SSSR count). The van der Waals surface area contributed by atoms with E-state index in [0.29, 0.717) is 17.2 Å². The zero-order valence-corrected chi connectivity index (χ0v) is 8.78. The summed E-state index contributed by atoms with van der Waals surface area (Å²) in [4.78, 5) is 15.5. The van der Waals surface area contributed by atoms with Crippen molar-refractivity contribution in [3.05, 3.63) is 22.8 Å². The standard InChI is InChI=1S/C8H9N5OS/c1-13-7(5(9)2-11-13)12-8(14)6-3-15-4-10-6/h2-4H,9H2,1H3,(H,12,14). The van der Waals surface area contributed by atoms with Crippen LogP contribution in [0.3, 0.4) is 0 Å². The van der Waals surface area contributed by atoms with Crippen LogP contribution in [-0.2, 0) is 7.05 Å². The second-order valence-corrected chi connectivity index (χ2v) is 3.62. The highest BCUT2D eigenvalue weighted by Crippen LogP contribution is 2.16. The molecule has 0 unspecified atom stereocenters. The van der Waals surface area contributed by atoms with E-state index >= 15 is 0 Å². The van der Waals surface area contributed by atoms with Crippen LogP contribution >= 0.6 is 11.3 Å². The second-order valence-electron chi connectivity index (χ2n) is 2.90. The molecule has 1 amide bonds. The van der Waals surface area contributed by atoms with Gasteiger partial charge in [-0.1, -0.05) is 0 Å². The Morgan fingerprint density at radius 2 is 2.47 bits per heavy atom. The van der Waals surface area contributed by atoms with E-state index < -0.39 is 0 Å². The number of nitrogen functional groups attached to an aromatic ring is 1. The summed E-state index contributed by atoms with van der Waals surface area (Å²) in [6, 6.07) is 0. The van der Waals surface area contributed by atoms with Crippen LogP contribution in [-0.4, -0.2) is 20.7 Å². The normalized spacial score (nSPS) is 10.2. The van der Waals surface area contributed by atoms with Crippen LogP contribution in [0.2, 0.25) is 0 Å². The predicted octanol–water partition coefficient (Wildman–Crippen LogP) is 0.711. The molecule has 0 aliphatic heterocycles. The van der Waals surface area contributed by atoms with E-state index in [1.807, 2.05) is 0 Å². The summed E-state index contributed by atoms with van der Waals surface area (Å²) in [6.07, 6.45) is 1.48. The molecule has 0 atom stereocenters. The van der Waals surface area contributed by atoms with Gasteiger partial charge in [0, 0.05) is 12.4 Å². The number of hydrogen-bond donors (Lipinski definition) is 2. The van der Waals surface area contributed by atoms with Gasteiger partial charge in [0.1, 0.15) is 5.69 Å². The third-order valence-corrected chi connectivity index (χ3v) is 2.45. The molecule has 0 spiro atoms. The van der Waals surface area contributed by atoms with Crippen molar-refractivity contribution >= 4 is 28.7 Å². The van der Waals surface area contributed by atoms with Gasteiger partial charge in [-0.25, -0.2) is 4.98 Å². The van der Waals surface area contributed by atoms with Crippen molar-refractivity contribution in [3.8, 4) is 0 Å². The van der Waals surface area contributed by atoms with Crippen molar-refractivity contribution < 1.29 is 4.79 Å². The van der Waals surface area contributed by atoms with Gasteiger partial charge in [-0.05, 0) is 0 Å². The van der Waals surface area contributed by atoms with Crippen LogP contribution < -0.4 is 11.1 Å². The Morgan fingerprint density at radius 3 is 3.00 bits per heavy atom. The number of nitrogens with two attached hydrogens (primary N) is 1. The first-order valence-electron chi connectivity index (χ1n) is 4.15. The number of hydrogen-bond acceptors (Lipinski definition) is 5. The molecule has 2 aromatic rings. The van der Waals surface area contributed by atoms with Crippen LogP contribution in [0.25, 0.3) is 0 Å². The van der Waals surface area contributed by atoms with Gasteiger partial charge in [-0.2, -0.15) is 5.10 Å². The van der Waals surface area contributed by atoms with Crippen molar-refractivity contribution in [1.82, 2.24) is 14.8 Å². The first-order chi connectivity index (χ1) is 7.18. The molecule has 0 saturated heterocycles. The number of carbonyl (C=O) groups excluding carboxylic acids is 1. The van der Waals surface area contributed by atoms with Crippen LogP contribution in [0, 0.1) is 0 Å². The van der Waals surface area contributed by atoms with E-state index in [4.69, 9.17) is 5.73 Å². The molecule has 7 heteroatoms. The molecule has 3 N–H and O–H groups in total. The Morgan fingerprint density at radius 1 is 1.67 bits per heavy atom. The highest BCUT2D eigenvalue weighted by Gasteiger charge is 2.12. The molecular weight excluding hydrogens is 214 g/mol. The summed E-state index contributed by atoms with van der Waals surface area (Å²) in [5.41, 5.74) is 8.03. The Balaban J connectivity index is 2.20. The Labute approximate surface area is 89.7 Å². The molecule has 0 aliphatic rings. The molecule has 0 aliphatic carbocycles. The topological polar surface area (TPSA) is 85.8 Å². The lowest BCUT2D eigenvalue weighted by Crippen LogP contribution is -2.15. The Hall–Kier alpha value is -1.89. The molecule has 0 saturated carbocycles. The van der Waals surface area contributed by atoms with Gasteiger partial charge in [0.25, 0.3) is 5.91 Å². The van der Waals surface area contributed by atoms with Gasteiger partial charge in [0.15, 0.2) is 5.82 Å². The first-order valence-corrected chi connectivity index (χ1v) is 5.10. The number of carbonyl (C=O) groups is 1. The number of amides is 1. The number of nitrogens with one attached hydrogen (secondary N) is 1. The van der Waals surface area contributed by atoms with Crippen LogP contribution in [0.5, 0.6) is 0 Å². The highest BCUT2D eigenvalue weighted by molar-refractivity contribution is 7.07. The molecule has 0 fully saturated rings. The number of anilines is 2. The lowest BCUT2D eigenvalue weighted by molar-refractivity contribution is 0.102. The molecule has 6 nitrogen and oxygen atoms in total. The van der Waals surface area contributed by atoms with E-state index in [1.54, 1.807) is 17.9 Å². The Bertz CT molecular complexity index is 456. The quantitative estimate of drug-likeness (QED) is 0.785. The van der Waals surface area contributed by atoms with Crippen LogP contribution in [0.15, 0.2) is 17.1 Å². The number of rotatable bonds is 2. The van der Waals surface area contributed by atoms with E-state index in [9.17, 15) is 4.79 Å². The van der Waals surface area contributed by atoms with Crippen molar-refractivity contribution in [2.24, 2.45) is 7.05 Å². The fraction of sp³-hybridized carbons (Fsp3) is 0.125. The Kier molecular flexibility index (Phi) is 2.38. The largest absolute Gasteiger partial charge is 0.394 e. The van der Waals surface area contributed by atoms with Gasteiger partial charge in [0.2, 0.25) is 0 Å². The summed E-state index contributed by atoms with van der Waals surface area (Å²) < 4.78 is 1.50. The lowest BCUT2D eigenvalue weighted by Gasteiger charge is -2.04. The number of thiazole rings is 1. The fourth-order valence-electron chi connectivity index (χ4n) is 1.10. The maximum Gasteiger partial charge on any atom is 0.276 e. The average molecular weight is 223 g/mol. The predicted molar refractivity (Wildman–Crippen MR) is 57.7 cm³/mol. The number of nitrogens with zero attached hydrogens (tertiary/aromatic N) is 3. The van der Waals surface area contributed by atoms with E-state index in [0.717, 1.165) is 0 Å². The molecule has 0 radical (unpaired) electrons. The van der Waals surface area contributed by atoms with Crippen molar-refractivity contribution in [3.63, 3.8) is 0 Å². The molecule has 78 valence electrons. The average Bonchev–Trinajstić information content (AvgIpc) is 2.82. The molecule has 15 heavy (non-hydrogen) atoms. The molecular formula is C8H9N5OS. The first kappa shape index (κ1) is 9.66. The minimum atomic E-state index is -0.286. The van der Waals surface area contributed by atoms with Gasteiger partial charge in [0.05, 0.1) is 17.4 Å². The van der Waals surface area contributed by atoms with E-state index in [-0.39, 0.29) is 5.91 Å². The van der Waals surface area contributed by atoms with Crippen molar-refractivity contribution in [2.75, 3.05) is 11.1 Å². The molecule has 2 aromatic heterocycles. The third-order valence-electron chi connectivity index (χ3n) is 1.86. The zero-order chi connectivity index (χ0) is 10.8. The summed E-state index contributed by atoms with van der Waals surface area (Å²) in [7, 11) is 1.70. The van der Waals surface area contributed by atoms with Gasteiger partial charge < -0.3 is 11.1 Å². The van der Waals surface area contributed by atoms with E-state index in [1.165, 1.54) is 22.2 Å². The fourth-order valence-corrected chi connectivity index (χ4v) is 1.64. The summed E-state index contributed by atoms with van der Waals surface area (Å²) in [5.74, 6) is 0.194. The summed E-state index contributed by atoms with van der Waals surface area (Å²) >= 11 is 1.36. The summed E-state index contributed by atoms with van der Waals surface area (Å²) in [5, 5.41) is 8.22. The SMILES string of the molecule is Cn1ncc(N)c1NC(=O)c1cscn1. The van der Waals surface area contributed by atoms with E-state index in [2.05, 4.69) is 15.4 Å². The maximum absolute atomic E-state index is 11.6. The van der Waals surface area contributed by atoms with Crippen LogP contribution in [0.4, 0.5) is 11.5 Å². The monoisotopic (exact) mass is 223 g/mol. The lowest BCUT2D eigenvalue weighted by atomic mass is 10.4. The number of aryl methyl sites for hydroxylation is 1. The van der Waals surface area contributed by atoms with Crippen molar-refractivity contribution in [1.29, 1.82) is 0 Å². The minimum absolute atomic E-state index is 0.286. The zero-order valence-electron chi connectivity index (χ0n) is 7.97. The van der Waals surface area contributed by atoms with Crippen molar-refractivity contribution in [2.45, 2.75) is 0 Å². The summed E-state index contributed by atoms with van der Waals surface area (Å²) in [6.45, 7) is 0. The maximum atomic E-state index is 11.6. The molecule has 2 heterocycles. The second kappa shape index (κ2) is 3.70. The van der Waals surface area contributed by atoms with Gasteiger partial charge in [-0.3, -0.25) is 9.48 Å². The van der Waals surface area contributed by atoms with Gasteiger partial charge in [-0.15, -0.1) is 11.3 Å². The highest BCUT2D eigenvalue weighted by atomic mass is 32.1. The van der Waals surface area contributed by atoms with Crippen LogP contribution in [0.1, 0.15) is 10.5 Å². The molecule has 0 aromatic carbocycles.